The van der Waals surface area contributed by atoms with Crippen molar-refractivity contribution in [3.8, 4) is 5.75 Å². The van der Waals surface area contributed by atoms with Gasteiger partial charge in [-0.25, -0.2) is 9.38 Å². The highest BCUT2D eigenvalue weighted by Crippen LogP contribution is 2.43. The Morgan fingerprint density at radius 2 is 1.78 bits per heavy atom. The van der Waals surface area contributed by atoms with E-state index in [9.17, 15) is 9.18 Å². The van der Waals surface area contributed by atoms with E-state index in [1.165, 1.54) is 12.1 Å². The Bertz CT molecular complexity index is 1680. The largest absolute Gasteiger partial charge is 0.494 e. The normalized spacial score (nSPS) is 17.1. The molecule has 0 bridgehead atoms. The third-order valence-corrected chi connectivity index (χ3v) is 7.60. The highest BCUT2D eigenvalue weighted by atomic mass is 19.1. The number of ether oxygens (including phenoxy) is 2. The van der Waals surface area contributed by atoms with E-state index in [0.29, 0.717) is 36.7 Å². The SMILES string of the molecule is [N-]=[N+]=NCc1ccccc1C[C@@]1(C(=O)NCCc2cccc(F)c2)N=C(c2ccc(OCCCO)cc2)O[C@@H]1c1ccccc1. The Labute approximate surface area is 261 Å². The van der Waals surface area contributed by atoms with Gasteiger partial charge in [0.15, 0.2) is 11.6 Å². The minimum absolute atomic E-state index is 0.0436. The first-order valence-corrected chi connectivity index (χ1v) is 14.8. The molecule has 1 aliphatic rings. The standard InChI is InChI=1S/C35H34FN5O4/c36-30-13-6-8-25(22-30)18-19-38-34(43)35(23-28-11-4-5-12-29(28)24-39-41-37)32(26-9-2-1-3-10-26)45-33(40-35)27-14-16-31(17-15-27)44-21-7-20-42/h1-6,8-17,22,32,42H,7,18-21,23-24H2,(H,38,43)/t32-,35-/m1/s1. The fraction of sp³-hybridized carbons (Fsp3) is 0.257. The number of carbonyl (C=O) groups excluding carboxylic acids is 1. The summed E-state index contributed by atoms with van der Waals surface area (Å²) < 4.78 is 26.1. The average molecular weight is 608 g/mol. The molecular weight excluding hydrogens is 573 g/mol. The summed E-state index contributed by atoms with van der Waals surface area (Å²) in [6.45, 7) is 0.811. The number of amides is 1. The van der Waals surface area contributed by atoms with E-state index < -0.39 is 11.6 Å². The highest BCUT2D eigenvalue weighted by molar-refractivity contribution is 6.01. The van der Waals surface area contributed by atoms with Crippen LogP contribution in [-0.2, 0) is 28.9 Å². The number of hydrogen-bond donors (Lipinski definition) is 2. The van der Waals surface area contributed by atoms with Gasteiger partial charge in [0.1, 0.15) is 11.6 Å². The lowest BCUT2D eigenvalue weighted by Crippen LogP contribution is -2.50. The minimum Gasteiger partial charge on any atom is -0.494 e. The Kier molecular flexibility index (Phi) is 10.4. The number of aliphatic imine (C=N–C) groups is 1. The average Bonchev–Trinajstić information content (AvgIpc) is 3.45. The molecule has 1 amide bonds. The van der Waals surface area contributed by atoms with Gasteiger partial charge in [0.25, 0.3) is 5.91 Å². The van der Waals surface area contributed by atoms with Gasteiger partial charge in [-0.3, -0.25) is 4.79 Å². The molecule has 0 saturated carbocycles. The fourth-order valence-electron chi connectivity index (χ4n) is 5.36. The number of benzene rings is 4. The molecule has 5 rings (SSSR count). The lowest BCUT2D eigenvalue weighted by atomic mass is 9.81. The van der Waals surface area contributed by atoms with Gasteiger partial charge in [-0.2, -0.15) is 0 Å². The second-order valence-corrected chi connectivity index (χ2v) is 10.7. The van der Waals surface area contributed by atoms with Crippen LogP contribution in [0.1, 0.15) is 40.3 Å². The van der Waals surface area contributed by atoms with Gasteiger partial charge < -0.3 is 19.9 Å². The summed E-state index contributed by atoms with van der Waals surface area (Å²) in [5.41, 5.74) is 11.3. The highest BCUT2D eigenvalue weighted by Gasteiger charge is 2.53. The zero-order valence-electron chi connectivity index (χ0n) is 24.7. The summed E-state index contributed by atoms with van der Waals surface area (Å²) in [5, 5.41) is 15.9. The van der Waals surface area contributed by atoms with Gasteiger partial charge in [-0.05, 0) is 70.6 Å². The first kappa shape index (κ1) is 31.3. The molecule has 1 aliphatic heterocycles. The zero-order valence-corrected chi connectivity index (χ0v) is 24.7. The van der Waals surface area contributed by atoms with Crippen LogP contribution in [0.5, 0.6) is 5.75 Å². The first-order valence-electron chi connectivity index (χ1n) is 14.8. The van der Waals surface area contributed by atoms with E-state index in [1.807, 2.05) is 72.8 Å². The van der Waals surface area contributed by atoms with Crippen molar-refractivity contribution >= 4 is 11.8 Å². The molecule has 0 saturated heterocycles. The van der Waals surface area contributed by atoms with Crippen LogP contribution in [0.3, 0.4) is 0 Å². The van der Waals surface area contributed by atoms with Crippen molar-refractivity contribution in [1.82, 2.24) is 5.32 Å². The van der Waals surface area contributed by atoms with E-state index in [0.717, 1.165) is 22.3 Å². The van der Waals surface area contributed by atoms with Crippen LogP contribution in [-0.4, -0.2) is 42.2 Å². The van der Waals surface area contributed by atoms with E-state index in [-0.39, 0.29) is 37.8 Å². The molecule has 2 N–H and O–H groups in total. The monoisotopic (exact) mass is 607 g/mol. The van der Waals surface area contributed by atoms with Crippen molar-refractivity contribution in [2.24, 2.45) is 10.1 Å². The zero-order chi connectivity index (χ0) is 31.5. The van der Waals surface area contributed by atoms with Crippen molar-refractivity contribution in [3.63, 3.8) is 0 Å². The second kappa shape index (κ2) is 15.0. The molecule has 10 heteroatoms. The third kappa shape index (κ3) is 7.67. The van der Waals surface area contributed by atoms with Crippen LogP contribution < -0.4 is 10.1 Å². The molecule has 4 aromatic carbocycles. The number of hydrogen-bond acceptors (Lipinski definition) is 6. The van der Waals surface area contributed by atoms with Gasteiger partial charge in [0.05, 0.1) is 13.2 Å². The number of carbonyl (C=O) groups is 1. The molecular formula is C35H34FN5O4. The minimum atomic E-state index is -1.43. The van der Waals surface area contributed by atoms with Crippen molar-refractivity contribution in [3.05, 3.63) is 147 Å². The van der Waals surface area contributed by atoms with E-state index in [2.05, 4.69) is 15.3 Å². The molecule has 4 aromatic rings. The number of aliphatic hydroxyl groups is 1. The number of nitrogens with one attached hydrogen (secondary N) is 1. The molecule has 45 heavy (non-hydrogen) atoms. The Balaban J connectivity index is 1.54. The van der Waals surface area contributed by atoms with Crippen molar-refractivity contribution in [1.29, 1.82) is 0 Å². The number of rotatable bonds is 14. The molecule has 0 aromatic heterocycles. The number of azide groups is 1. The van der Waals surface area contributed by atoms with Crippen LogP contribution in [0.15, 0.2) is 113 Å². The first-order chi connectivity index (χ1) is 22.0. The topological polar surface area (TPSA) is 129 Å². The summed E-state index contributed by atoms with van der Waals surface area (Å²) in [6, 6.07) is 30.5. The van der Waals surface area contributed by atoms with Crippen LogP contribution >= 0.6 is 0 Å². The van der Waals surface area contributed by atoms with Crippen molar-refractivity contribution in [2.75, 3.05) is 19.8 Å². The Hall–Kier alpha value is -5.18. The van der Waals surface area contributed by atoms with Crippen molar-refractivity contribution in [2.45, 2.75) is 37.5 Å². The fourth-order valence-corrected chi connectivity index (χ4v) is 5.36. The predicted molar refractivity (Wildman–Crippen MR) is 169 cm³/mol. The van der Waals surface area contributed by atoms with Crippen LogP contribution in [0.2, 0.25) is 0 Å². The molecule has 0 aliphatic carbocycles. The number of nitrogens with zero attached hydrogens (tertiary/aromatic N) is 4. The van der Waals surface area contributed by atoms with Gasteiger partial charge >= 0.3 is 0 Å². The summed E-state index contributed by atoms with van der Waals surface area (Å²) in [5.74, 6) is 0.266. The molecule has 0 fully saturated rings. The molecule has 9 nitrogen and oxygen atoms in total. The van der Waals surface area contributed by atoms with Crippen LogP contribution in [0.4, 0.5) is 4.39 Å². The Morgan fingerprint density at radius 3 is 2.51 bits per heavy atom. The maximum atomic E-state index is 14.4. The van der Waals surface area contributed by atoms with Crippen molar-refractivity contribution < 1.29 is 23.8 Å². The second-order valence-electron chi connectivity index (χ2n) is 10.7. The molecule has 0 radical (unpaired) electrons. The maximum absolute atomic E-state index is 14.4. The summed E-state index contributed by atoms with van der Waals surface area (Å²) in [4.78, 5) is 22.4. The third-order valence-electron chi connectivity index (χ3n) is 7.60. The van der Waals surface area contributed by atoms with Crippen LogP contribution in [0, 0.1) is 5.82 Å². The predicted octanol–water partition coefficient (Wildman–Crippen LogP) is 6.26. The Morgan fingerprint density at radius 1 is 1.02 bits per heavy atom. The summed E-state index contributed by atoms with van der Waals surface area (Å²) in [6.07, 6.45) is 0.337. The smallest absolute Gasteiger partial charge is 0.252 e. The van der Waals surface area contributed by atoms with Gasteiger partial charge in [-0.15, -0.1) is 0 Å². The number of halogens is 1. The van der Waals surface area contributed by atoms with Crippen LogP contribution in [0.25, 0.3) is 10.4 Å². The molecule has 2 atom stereocenters. The maximum Gasteiger partial charge on any atom is 0.252 e. The summed E-state index contributed by atoms with van der Waals surface area (Å²) >= 11 is 0. The summed E-state index contributed by atoms with van der Waals surface area (Å²) in [7, 11) is 0. The quantitative estimate of drug-likeness (QED) is 0.0759. The van der Waals surface area contributed by atoms with Gasteiger partial charge in [-0.1, -0.05) is 71.8 Å². The van der Waals surface area contributed by atoms with Gasteiger partial charge in [0.2, 0.25) is 5.90 Å². The van der Waals surface area contributed by atoms with Gasteiger partial charge in [0, 0.05) is 36.5 Å². The lowest BCUT2D eigenvalue weighted by molar-refractivity contribution is -0.128. The number of aliphatic hydroxyl groups excluding tert-OH is 1. The van der Waals surface area contributed by atoms with E-state index in [4.69, 9.17) is 25.1 Å². The van der Waals surface area contributed by atoms with E-state index in [1.54, 1.807) is 18.2 Å². The molecule has 230 valence electrons. The molecule has 0 spiro atoms. The molecule has 1 heterocycles. The van der Waals surface area contributed by atoms with E-state index >= 15 is 0 Å². The molecule has 0 unspecified atom stereocenters. The lowest BCUT2D eigenvalue weighted by Gasteiger charge is -2.31.